The summed E-state index contributed by atoms with van der Waals surface area (Å²) in [4.78, 5) is 45.5. The lowest BCUT2D eigenvalue weighted by Crippen LogP contribution is -2.83. The van der Waals surface area contributed by atoms with E-state index in [1.807, 2.05) is 0 Å². The van der Waals surface area contributed by atoms with Gasteiger partial charge in [-0.2, -0.15) is 0 Å². The monoisotopic (exact) mass is 619 g/mol. The zero-order valence-electron chi connectivity index (χ0n) is 23.9. The first kappa shape index (κ1) is 30.3. The number of imide groups is 2. The first-order chi connectivity index (χ1) is 21.0. The number of alkyl halides is 3. The summed E-state index contributed by atoms with van der Waals surface area (Å²) in [5, 5.41) is 4.50. The number of hydrogen-bond acceptors (Lipinski definition) is 10. The number of morpholine rings is 2. The van der Waals surface area contributed by atoms with Crippen LogP contribution in [0.1, 0.15) is 5.56 Å². The van der Waals surface area contributed by atoms with Gasteiger partial charge in [0.2, 0.25) is 5.54 Å². The third-order valence-corrected chi connectivity index (χ3v) is 8.43. The summed E-state index contributed by atoms with van der Waals surface area (Å²) < 4.78 is 58.9. The number of carbonyl (C=O) groups is 3. The molecule has 6 rings (SSSR count). The SMILES string of the molecule is CN1CCOC(CN2CCOCC23CN(C2(c4ccc(Oc5ccc(OC(F)(F)F)cc5)cc4)C(=O)NC(=O)NC2=O)C3)C1. The average Bonchev–Trinajstić information content (AvgIpc) is 2.94. The number of hydrogen-bond donors (Lipinski definition) is 2. The number of barbiturate groups is 1. The van der Waals surface area contributed by atoms with E-state index >= 15 is 0 Å². The Morgan fingerprint density at radius 3 is 2.14 bits per heavy atom. The Hall–Kier alpha value is -3.76. The Kier molecular flexibility index (Phi) is 8.00. The van der Waals surface area contributed by atoms with Crippen LogP contribution in [0.4, 0.5) is 18.0 Å². The molecule has 1 unspecified atom stereocenters. The van der Waals surface area contributed by atoms with Crippen molar-refractivity contribution in [2.24, 2.45) is 0 Å². The van der Waals surface area contributed by atoms with E-state index in [9.17, 15) is 27.6 Å². The number of nitrogens with one attached hydrogen (secondary N) is 2. The first-order valence-electron chi connectivity index (χ1n) is 14.2. The molecule has 4 saturated heterocycles. The molecule has 0 bridgehead atoms. The number of rotatable bonds is 7. The van der Waals surface area contributed by atoms with Gasteiger partial charge in [0.05, 0.1) is 31.5 Å². The molecule has 15 heteroatoms. The van der Waals surface area contributed by atoms with E-state index in [4.69, 9.17) is 14.2 Å². The van der Waals surface area contributed by atoms with Crippen LogP contribution < -0.4 is 20.1 Å². The zero-order chi connectivity index (χ0) is 31.1. The third kappa shape index (κ3) is 5.85. The topological polar surface area (TPSA) is 122 Å². The van der Waals surface area contributed by atoms with Crippen LogP contribution in [0.5, 0.6) is 17.2 Å². The number of carbonyl (C=O) groups excluding carboxylic acids is 3. The van der Waals surface area contributed by atoms with Crippen LogP contribution in [-0.4, -0.2) is 117 Å². The number of ether oxygens (including phenoxy) is 4. The van der Waals surface area contributed by atoms with Crippen molar-refractivity contribution in [1.82, 2.24) is 25.3 Å². The molecule has 4 heterocycles. The molecule has 12 nitrogen and oxygen atoms in total. The number of urea groups is 1. The van der Waals surface area contributed by atoms with Crippen LogP contribution in [0.25, 0.3) is 0 Å². The maximum Gasteiger partial charge on any atom is 0.573 e. The number of benzene rings is 2. The van der Waals surface area contributed by atoms with Crippen molar-refractivity contribution in [3.8, 4) is 17.2 Å². The Morgan fingerprint density at radius 1 is 0.909 bits per heavy atom. The van der Waals surface area contributed by atoms with E-state index in [1.165, 1.54) is 24.3 Å². The van der Waals surface area contributed by atoms with Gasteiger partial charge < -0.3 is 23.8 Å². The molecule has 4 aliphatic rings. The molecule has 0 aromatic heterocycles. The largest absolute Gasteiger partial charge is 0.573 e. The molecule has 2 aromatic rings. The minimum atomic E-state index is -4.81. The zero-order valence-corrected chi connectivity index (χ0v) is 23.9. The molecule has 2 aromatic carbocycles. The van der Waals surface area contributed by atoms with Gasteiger partial charge in [0.15, 0.2) is 0 Å². The minimum absolute atomic E-state index is 0.0200. The summed E-state index contributed by atoms with van der Waals surface area (Å²) in [6.45, 7) is 5.32. The highest BCUT2D eigenvalue weighted by Crippen LogP contribution is 2.42. The van der Waals surface area contributed by atoms with Crippen LogP contribution in [0, 0.1) is 0 Å². The van der Waals surface area contributed by atoms with E-state index in [2.05, 4.69) is 32.2 Å². The number of likely N-dealkylation sites (tertiary alicyclic amines) is 1. The predicted octanol–water partition coefficient (Wildman–Crippen LogP) is 1.66. The summed E-state index contributed by atoms with van der Waals surface area (Å²) >= 11 is 0. The third-order valence-electron chi connectivity index (χ3n) is 8.43. The molecule has 0 radical (unpaired) electrons. The van der Waals surface area contributed by atoms with Crippen LogP contribution in [-0.2, 0) is 24.6 Å². The summed E-state index contributed by atoms with van der Waals surface area (Å²) in [7, 11) is 2.06. The Labute approximate surface area is 250 Å². The fraction of sp³-hybridized carbons (Fsp3) is 0.483. The molecular formula is C29H32F3N5O7. The quantitative estimate of drug-likeness (QED) is 0.443. The average molecular weight is 620 g/mol. The highest BCUT2D eigenvalue weighted by molar-refractivity contribution is 6.22. The summed E-state index contributed by atoms with van der Waals surface area (Å²) in [5.41, 5.74) is -1.96. The fourth-order valence-electron chi connectivity index (χ4n) is 6.33. The molecule has 0 saturated carbocycles. The molecule has 4 aliphatic heterocycles. The van der Waals surface area contributed by atoms with Gasteiger partial charge in [-0.05, 0) is 49.0 Å². The number of likely N-dealkylation sites (N-methyl/N-ethyl adjacent to an activating group) is 1. The van der Waals surface area contributed by atoms with Gasteiger partial charge in [0.1, 0.15) is 17.2 Å². The van der Waals surface area contributed by atoms with E-state index < -0.39 is 35.3 Å². The molecule has 4 fully saturated rings. The van der Waals surface area contributed by atoms with Crippen LogP contribution in [0.3, 0.4) is 0 Å². The molecule has 1 spiro atoms. The van der Waals surface area contributed by atoms with Gasteiger partial charge in [-0.1, -0.05) is 12.1 Å². The van der Waals surface area contributed by atoms with Crippen molar-refractivity contribution in [3.05, 3.63) is 54.1 Å². The summed E-state index contributed by atoms with van der Waals surface area (Å²) in [5.74, 6) is -1.37. The van der Waals surface area contributed by atoms with E-state index in [0.717, 1.165) is 25.2 Å². The molecule has 4 amide bonds. The Balaban J connectivity index is 1.21. The number of amides is 4. The van der Waals surface area contributed by atoms with E-state index in [-0.39, 0.29) is 17.6 Å². The summed E-state index contributed by atoms with van der Waals surface area (Å²) in [6.07, 6.45) is -4.79. The fourth-order valence-corrected chi connectivity index (χ4v) is 6.33. The van der Waals surface area contributed by atoms with Gasteiger partial charge >= 0.3 is 12.4 Å². The molecule has 0 aliphatic carbocycles. The van der Waals surface area contributed by atoms with Gasteiger partial charge in [0.25, 0.3) is 11.8 Å². The minimum Gasteiger partial charge on any atom is -0.457 e. The van der Waals surface area contributed by atoms with Crippen molar-refractivity contribution in [1.29, 1.82) is 0 Å². The van der Waals surface area contributed by atoms with Crippen molar-refractivity contribution >= 4 is 17.8 Å². The van der Waals surface area contributed by atoms with E-state index in [1.54, 1.807) is 17.0 Å². The molecular weight excluding hydrogens is 587 g/mol. The molecule has 44 heavy (non-hydrogen) atoms. The van der Waals surface area contributed by atoms with E-state index in [0.29, 0.717) is 57.3 Å². The normalized spacial score (nSPS) is 24.4. The second kappa shape index (κ2) is 11.6. The first-order valence-corrected chi connectivity index (χ1v) is 14.2. The second-order valence-corrected chi connectivity index (χ2v) is 11.4. The Bertz CT molecular complexity index is 1380. The molecule has 1 atom stereocenters. The number of nitrogens with zero attached hydrogens (tertiary/aromatic N) is 3. The lowest BCUT2D eigenvalue weighted by molar-refractivity contribution is -0.274. The van der Waals surface area contributed by atoms with Gasteiger partial charge in [0, 0.05) is 39.3 Å². The summed E-state index contributed by atoms with van der Waals surface area (Å²) in [6, 6.07) is 10.2. The Morgan fingerprint density at radius 2 is 1.52 bits per heavy atom. The highest BCUT2D eigenvalue weighted by Gasteiger charge is 2.64. The highest BCUT2D eigenvalue weighted by atomic mass is 19.4. The van der Waals surface area contributed by atoms with Crippen molar-refractivity contribution in [3.63, 3.8) is 0 Å². The maximum atomic E-state index is 13.6. The van der Waals surface area contributed by atoms with Crippen LogP contribution >= 0.6 is 0 Å². The smallest absolute Gasteiger partial charge is 0.457 e. The van der Waals surface area contributed by atoms with Gasteiger partial charge in [-0.25, -0.2) is 4.79 Å². The molecule has 236 valence electrons. The molecule has 2 N–H and O–H groups in total. The van der Waals surface area contributed by atoms with Crippen LogP contribution in [0.2, 0.25) is 0 Å². The maximum absolute atomic E-state index is 13.6. The van der Waals surface area contributed by atoms with Crippen molar-refractivity contribution in [2.45, 2.75) is 23.5 Å². The lowest BCUT2D eigenvalue weighted by atomic mass is 9.76. The van der Waals surface area contributed by atoms with Crippen molar-refractivity contribution < 1.29 is 46.5 Å². The number of halogens is 3. The second-order valence-electron chi connectivity index (χ2n) is 11.4. The van der Waals surface area contributed by atoms with Crippen molar-refractivity contribution in [2.75, 3.05) is 66.1 Å². The van der Waals surface area contributed by atoms with Gasteiger partial charge in [-0.15, -0.1) is 13.2 Å². The van der Waals surface area contributed by atoms with Crippen LogP contribution in [0.15, 0.2) is 48.5 Å². The predicted molar refractivity (Wildman–Crippen MR) is 147 cm³/mol. The van der Waals surface area contributed by atoms with Gasteiger partial charge in [-0.3, -0.25) is 30.0 Å². The lowest BCUT2D eigenvalue weighted by Gasteiger charge is -2.62. The standard InChI is InChI=1S/C29H32F3N5O7/c1-35-10-13-42-23(14-35)15-36-11-12-41-18-27(36)16-37(17-27)28(24(38)33-26(40)34-25(28)39)19-2-4-20(5-3-19)43-21-6-8-22(9-7-21)44-29(30,31)32/h2-9,23H,10-18H2,1H3,(H2,33,34,38,39,40).